The highest BCUT2D eigenvalue weighted by molar-refractivity contribution is 5.89. The summed E-state index contributed by atoms with van der Waals surface area (Å²) in [5.74, 6) is -4.34. The molecule has 1 aromatic heterocycles. The molecule has 1 aliphatic rings. The number of ether oxygens (including phenoxy) is 5. The van der Waals surface area contributed by atoms with E-state index in [9.17, 15) is 33.9 Å². The van der Waals surface area contributed by atoms with Gasteiger partial charge in [-0.15, -0.1) is 0 Å². The maximum absolute atomic E-state index is 15.0. The third-order valence-corrected chi connectivity index (χ3v) is 7.40. The summed E-state index contributed by atoms with van der Waals surface area (Å²) in [5, 5.41) is 11.6. The Kier molecular flexibility index (Phi) is 14.9. The van der Waals surface area contributed by atoms with Crippen molar-refractivity contribution >= 4 is 23.9 Å². The normalized spacial score (nSPS) is 20.9. The Bertz CT molecular complexity index is 1290. The van der Waals surface area contributed by atoms with Gasteiger partial charge in [0.25, 0.3) is 5.56 Å². The van der Waals surface area contributed by atoms with Crippen LogP contribution in [0.5, 0.6) is 0 Å². The summed E-state index contributed by atoms with van der Waals surface area (Å²) in [5.41, 5.74) is -7.96. The van der Waals surface area contributed by atoms with Crippen molar-refractivity contribution in [1.82, 2.24) is 9.13 Å². The standard InChI is InChI=1S/C30H45FN2O12/c1-5-9-12-13-14-24(35)44-20-32-25(36)21(31)17-33(27(32)38)30(22(34)8-4)19-29(40,26(37)41-15-10-6-2)23(45-30)18-43-28(39)42-16-11-7-3/h17,23,40H,5-16,18-20H2,1-4H3/t23-,29+,30+/m1/s1. The first-order valence-electron chi connectivity index (χ1n) is 15.5. The van der Waals surface area contributed by atoms with Crippen LogP contribution in [0.4, 0.5) is 9.18 Å². The lowest BCUT2D eigenvalue weighted by Gasteiger charge is -2.30. The highest BCUT2D eigenvalue weighted by Gasteiger charge is 2.64. The zero-order valence-electron chi connectivity index (χ0n) is 26.5. The fourth-order valence-electron chi connectivity index (χ4n) is 4.71. The number of hydrogen-bond donors (Lipinski definition) is 1. The molecule has 0 spiro atoms. The van der Waals surface area contributed by atoms with E-state index >= 15 is 4.39 Å². The molecule has 3 atom stereocenters. The number of rotatable bonds is 19. The van der Waals surface area contributed by atoms with E-state index in [1.54, 1.807) is 0 Å². The van der Waals surface area contributed by atoms with Gasteiger partial charge >= 0.3 is 23.8 Å². The molecule has 15 heteroatoms. The van der Waals surface area contributed by atoms with Crippen molar-refractivity contribution in [1.29, 1.82) is 0 Å². The zero-order chi connectivity index (χ0) is 33.6. The Morgan fingerprint density at radius 1 is 0.933 bits per heavy atom. The van der Waals surface area contributed by atoms with Gasteiger partial charge in [0.05, 0.1) is 19.4 Å². The van der Waals surface area contributed by atoms with Crippen molar-refractivity contribution in [2.75, 3.05) is 19.8 Å². The molecule has 0 aliphatic carbocycles. The minimum atomic E-state index is -2.66. The Balaban J connectivity index is 2.52. The van der Waals surface area contributed by atoms with Crippen LogP contribution >= 0.6 is 0 Å². The molecule has 1 saturated heterocycles. The van der Waals surface area contributed by atoms with Gasteiger partial charge in [0, 0.05) is 19.3 Å². The second kappa shape index (κ2) is 17.8. The van der Waals surface area contributed by atoms with Crippen LogP contribution in [0, 0.1) is 5.82 Å². The van der Waals surface area contributed by atoms with Gasteiger partial charge in [0.2, 0.25) is 11.5 Å². The van der Waals surface area contributed by atoms with Gasteiger partial charge < -0.3 is 28.8 Å². The van der Waals surface area contributed by atoms with E-state index in [0.717, 1.165) is 25.7 Å². The van der Waals surface area contributed by atoms with E-state index in [0.29, 0.717) is 36.4 Å². The van der Waals surface area contributed by atoms with E-state index in [1.807, 2.05) is 20.8 Å². The molecule has 0 amide bonds. The van der Waals surface area contributed by atoms with Gasteiger partial charge in [-0.3, -0.25) is 19.0 Å². The summed E-state index contributed by atoms with van der Waals surface area (Å²) in [6, 6.07) is 0. The monoisotopic (exact) mass is 644 g/mol. The minimum Gasteiger partial charge on any atom is -0.463 e. The molecular weight excluding hydrogens is 599 g/mol. The second-order valence-corrected chi connectivity index (χ2v) is 10.8. The third-order valence-electron chi connectivity index (χ3n) is 7.40. The van der Waals surface area contributed by atoms with Crippen LogP contribution < -0.4 is 11.2 Å². The molecule has 0 saturated carbocycles. The van der Waals surface area contributed by atoms with E-state index in [-0.39, 0.29) is 30.6 Å². The number of aliphatic hydroxyl groups is 1. The summed E-state index contributed by atoms with van der Waals surface area (Å²) in [6.07, 6.45) is 1.73. The van der Waals surface area contributed by atoms with Crippen molar-refractivity contribution in [2.24, 2.45) is 0 Å². The van der Waals surface area contributed by atoms with E-state index in [2.05, 4.69) is 0 Å². The Labute approximate surface area is 260 Å². The predicted octanol–water partition coefficient (Wildman–Crippen LogP) is 3.07. The summed E-state index contributed by atoms with van der Waals surface area (Å²) in [6.45, 7) is 5.29. The fraction of sp³-hybridized carbons (Fsp3) is 0.733. The molecular formula is C30H45FN2O12. The Morgan fingerprint density at radius 3 is 2.20 bits per heavy atom. The molecule has 1 aromatic rings. The zero-order valence-corrected chi connectivity index (χ0v) is 26.5. The molecule has 0 radical (unpaired) electrons. The van der Waals surface area contributed by atoms with E-state index < -0.39 is 78.1 Å². The van der Waals surface area contributed by atoms with Crippen LogP contribution in [0.2, 0.25) is 0 Å². The van der Waals surface area contributed by atoms with Crippen molar-refractivity contribution < 1.29 is 52.4 Å². The maximum atomic E-state index is 15.0. The number of carbonyl (C=O) groups is 4. The number of aromatic nitrogens is 2. The van der Waals surface area contributed by atoms with Gasteiger partial charge in [-0.1, -0.05) is 59.8 Å². The van der Waals surface area contributed by atoms with Crippen LogP contribution in [-0.4, -0.2) is 69.6 Å². The average Bonchev–Trinajstić information content (AvgIpc) is 3.33. The molecule has 1 fully saturated rings. The van der Waals surface area contributed by atoms with E-state index in [1.165, 1.54) is 6.92 Å². The molecule has 0 bridgehead atoms. The quantitative estimate of drug-likeness (QED) is 0.132. The number of esters is 2. The lowest BCUT2D eigenvalue weighted by molar-refractivity contribution is -0.179. The average molecular weight is 645 g/mol. The number of ketones is 1. The molecule has 0 unspecified atom stereocenters. The van der Waals surface area contributed by atoms with Gasteiger partial charge in [0.1, 0.15) is 12.7 Å². The van der Waals surface area contributed by atoms with Crippen molar-refractivity contribution in [3.05, 3.63) is 32.9 Å². The smallest absolute Gasteiger partial charge is 0.463 e. The second-order valence-electron chi connectivity index (χ2n) is 10.8. The molecule has 45 heavy (non-hydrogen) atoms. The van der Waals surface area contributed by atoms with Gasteiger partial charge in [0.15, 0.2) is 18.1 Å². The molecule has 254 valence electrons. The first-order chi connectivity index (χ1) is 21.4. The molecule has 1 N–H and O–H groups in total. The lowest BCUT2D eigenvalue weighted by atomic mass is 9.89. The van der Waals surface area contributed by atoms with Gasteiger partial charge in [-0.05, 0) is 19.3 Å². The van der Waals surface area contributed by atoms with Crippen LogP contribution in [0.3, 0.4) is 0 Å². The van der Waals surface area contributed by atoms with Gasteiger partial charge in [-0.2, -0.15) is 4.39 Å². The summed E-state index contributed by atoms with van der Waals surface area (Å²) in [4.78, 5) is 77.3. The van der Waals surface area contributed by atoms with Crippen LogP contribution in [-0.2, 0) is 50.5 Å². The molecule has 2 heterocycles. The number of nitrogens with zero attached hydrogens (tertiary/aromatic N) is 2. The lowest BCUT2D eigenvalue weighted by Crippen LogP contribution is -2.54. The first-order valence-corrected chi connectivity index (χ1v) is 15.5. The van der Waals surface area contributed by atoms with Gasteiger partial charge in [-0.25, -0.2) is 19.0 Å². The predicted molar refractivity (Wildman–Crippen MR) is 156 cm³/mol. The largest absolute Gasteiger partial charge is 0.508 e. The first kappa shape index (κ1) is 37.6. The number of hydrogen-bond acceptors (Lipinski definition) is 12. The van der Waals surface area contributed by atoms with Crippen molar-refractivity contribution in [2.45, 2.75) is 122 Å². The van der Waals surface area contributed by atoms with Crippen molar-refractivity contribution in [3.63, 3.8) is 0 Å². The highest BCUT2D eigenvalue weighted by atomic mass is 19.1. The number of unbranched alkanes of at least 4 members (excludes halogenated alkanes) is 5. The van der Waals surface area contributed by atoms with Crippen LogP contribution in [0.25, 0.3) is 0 Å². The molecule has 2 rings (SSSR count). The number of halogens is 1. The van der Waals surface area contributed by atoms with E-state index in [4.69, 9.17) is 23.7 Å². The summed E-state index contributed by atoms with van der Waals surface area (Å²) < 4.78 is 41.9. The topological polar surface area (TPSA) is 179 Å². The molecule has 1 aliphatic heterocycles. The molecule has 14 nitrogen and oxygen atoms in total. The SMILES string of the molecule is CCCCCCC(=O)OCn1c(=O)c(F)cn([C@@]2(C(=O)CC)C[C@@](O)(C(=O)OCCCC)[C@@H](COC(=O)OCCCC)O2)c1=O. The number of carbonyl (C=O) groups excluding carboxylic acids is 4. The summed E-state index contributed by atoms with van der Waals surface area (Å²) in [7, 11) is 0. The van der Waals surface area contributed by atoms with Crippen LogP contribution in [0.15, 0.2) is 15.8 Å². The Hall–Kier alpha value is -3.59. The third kappa shape index (κ3) is 9.45. The maximum Gasteiger partial charge on any atom is 0.508 e. The minimum absolute atomic E-state index is 0.00929. The fourth-order valence-corrected chi connectivity index (χ4v) is 4.71. The van der Waals surface area contributed by atoms with Crippen LogP contribution in [0.1, 0.15) is 98.3 Å². The summed E-state index contributed by atoms with van der Waals surface area (Å²) >= 11 is 0. The number of Topliss-reactive ketones (excluding diaryl/α,β-unsaturated/α-hetero) is 1. The van der Waals surface area contributed by atoms with Crippen molar-refractivity contribution in [3.8, 4) is 0 Å². The Morgan fingerprint density at radius 2 is 1.58 bits per heavy atom. The highest BCUT2D eigenvalue weighted by Crippen LogP contribution is 2.43. The molecule has 0 aromatic carbocycles.